The van der Waals surface area contributed by atoms with Crippen LogP contribution in [0.2, 0.25) is 0 Å². The van der Waals surface area contributed by atoms with E-state index in [2.05, 4.69) is 87.4 Å². The van der Waals surface area contributed by atoms with Crippen LogP contribution in [0.25, 0.3) is 0 Å². The van der Waals surface area contributed by atoms with Gasteiger partial charge in [-0.25, -0.2) is 0 Å². The van der Waals surface area contributed by atoms with Gasteiger partial charge in [-0.15, -0.1) is 11.3 Å². The third kappa shape index (κ3) is 5.29. The Morgan fingerprint density at radius 2 is 1.68 bits per heavy atom. The number of hydrogen-bond donors (Lipinski definition) is 0. The normalized spacial score (nSPS) is 20.3. The Morgan fingerprint density at radius 1 is 0.947 bits per heavy atom. The fraction of sp³-hybridized carbons (Fsp3) is 0.438. The first-order valence-corrected chi connectivity index (χ1v) is 14.6. The average molecular weight is 530 g/mol. The van der Waals surface area contributed by atoms with Gasteiger partial charge in [0.15, 0.2) is 0 Å². The van der Waals surface area contributed by atoms with Crippen molar-refractivity contribution in [3.8, 4) is 0 Å². The van der Waals surface area contributed by atoms with Gasteiger partial charge in [0, 0.05) is 42.7 Å². The van der Waals surface area contributed by atoms with E-state index in [4.69, 9.17) is 0 Å². The zero-order valence-electron chi connectivity index (χ0n) is 23.2. The van der Waals surface area contributed by atoms with Gasteiger partial charge in [-0.05, 0) is 71.5 Å². The van der Waals surface area contributed by atoms with Gasteiger partial charge in [0.2, 0.25) is 5.91 Å². The minimum Gasteiger partial charge on any atom is -0.338 e. The number of hydrogen-bond acceptors (Lipinski definition) is 4. The molecule has 1 aromatic heterocycles. The minimum absolute atomic E-state index is 0.0283. The zero-order chi connectivity index (χ0) is 27.0. The molecule has 5 rings (SSSR count). The van der Waals surface area contributed by atoms with Crippen molar-refractivity contribution in [2.75, 3.05) is 32.7 Å². The van der Waals surface area contributed by atoms with Crippen LogP contribution in [-0.2, 0) is 16.6 Å². The van der Waals surface area contributed by atoms with Crippen LogP contribution in [-0.4, -0.2) is 65.3 Å². The molecule has 1 fully saturated rings. The first-order chi connectivity index (χ1) is 18.1. The van der Waals surface area contributed by atoms with Crippen LogP contribution < -0.4 is 0 Å². The molecule has 2 aliphatic rings. The van der Waals surface area contributed by atoms with Gasteiger partial charge in [0.25, 0.3) is 5.91 Å². The molecular weight excluding hydrogens is 490 g/mol. The third-order valence-corrected chi connectivity index (χ3v) is 9.12. The van der Waals surface area contributed by atoms with E-state index in [1.807, 2.05) is 33.3 Å². The van der Waals surface area contributed by atoms with Crippen molar-refractivity contribution in [1.29, 1.82) is 0 Å². The standard InChI is InChI=1S/C32H39N3O2S/c1-22-8-6-7-9-26(22)30-27-15-19-38-28(27)14-16-34(30)21-29(36)33-17-18-35(23(2)20-33)31(37)24-10-12-25(13-11-24)32(3,4)5/h6-13,15,19,23,30H,14,16-18,20-21H2,1-5H3/t23-,30+/m1/s1. The number of thiophene rings is 1. The summed E-state index contributed by atoms with van der Waals surface area (Å²) in [6.07, 6.45) is 0.981. The molecule has 6 heteroatoms. The Labute approximate surface area is 231 Å². The largest absolute Gasteiger partial charge is 0.338 e. The summed E-state index contributed by atoms with van der Waals surface area (Å²) in [5.41, 5.74) is 5.86. The summed E-state index contributed by atoms with van der Waals surface area (Å²) in [4.78, 5) is 34.5. The number of amides is 2. The number of benzene rings is 2. The van der Waals surface area contributed by atoms with E-state index in [1.54, 1.807) is 0 Å². The lowest BCUT2D eigenvalue weighted by Crippen LogP contribution is -2.57. The summed E-state index contributed by atoms with van der Waals surface area (Å²) in [5.74, 6) is 0.196. The van der Waals surface area contributed by atoms with E-state index in [0.29, 0.717) is 31.7 Å². The molecule has 0 aliphatic carbocycles. The highest BCUT2D eigenvalue weighted by Crippen LogP contribution is 2.38. The predicted octanol–water partition coefficient (Wildman–Crippen LogP) is 5.67. The van der Waals surface area contributed by atoms with E-state index in [9.17, 15) is 9.59 Å². The van der Waals surface area contributed by atoms with Crippen LogP contribution in [0.15, 0.2) is 60.0 Å². The molecule has 3 aromatic rings. The lowest BCUT2D eigenvalue weighted by molar-refractivity contribution is -0.135. The molecule has 2 atom stereocenters. The van der Waals surface area contributed by atoms with Crippen molar-refractivity contribution in [2.45, 2.75) is 58.5 Å². The second-order valence-electron chi connectivity index (χ2n) is 11.8. The van der Waals surface area contributed by atoms with Gasteiger partial charge in [0.1, 0.15) is 0 Å². The molecule has 0 saturated carbocycles. The summed E-state index contributed by atoms with van der Waals surface area (Å²) >= 11 is 1.82. The highest BCUT2D eigenvalue weighted by Gasteiger charge is 2.35. The van der Waals surface area contributed by atoms with Crippen molar-refractivity contribution in [3.63, 3.8) is 0 Å². The summed E-state index contributed by atoms with van der Waals surface area (Å²) in [6.45, 7) is 13.7. The Hall–Kier alpha value is -2.96. The molecule has 2 amide bonds. The summed E-state index contributed by atoms with van der Waals surface area (Å²) < 4.78 is 0. The molecule has 0 unspecified atom stereocenters. The topological polar surface area (TPSA) is 43.9 Å². The first-order valence-electron chi connectivity index (χ1n) is 13.7. The number of carbonyl (C=O) groups excluding carboxylic acids is 2. The van der Waals surface area contributed by atoms with Crippen LogP contribution in [0.4, 0.5) is 0 Å². The molecule has 0 bridgehead atoms. The van der Waals surface area contributed by atoms with Gasteiger partial charge >= 0.3 is 0 Å². The molecule has 5 nitrogen and oxygen atoms in total. The number of rotatable bonds is 4. The van der Waals surface area contributed by atoms with Crippen LogP contribution in [0.5, 0.6) is 0 Å². The Balaban J connectivity index is 1.26. The van der Waals surface area contributed by atoms with Crippen molar-refractivity contribution in [2.24, 2.45) is 0 Å². The summed E-state index contributed by atoms with van der Waals surface area (Å²) in [7, 11) is 0. The van der Waals surface area contributed by atoms with Crippen LogP contribution in [0.1, 0.15) is 71.2 Å². The van der Waals surface area contributed by atoms with E-state index in [0.717, 1.165) is 13.0 Å². The number of carbonyl (C=O) groups is 2. The quantitative estimate of drug-likeness (QED) is 0.437. The van der Waals surface area contributed by atoms with Crippen molar-refractivity contribution in [3.05, 3.63) is 92.7 Å². The van der Waals surface area contributed by atoms with Gasteiger partial charge < -0.3 is 9.80 Å². The van der Waals surface area contributed by atoms with Crippen molar-refractivity contribution in [1.82, 2.24) is 14.7 Å². The van der Waals surface area contributed by atoms with Crippen LogP contribution >= 0.6 is 11.3 Å². The molecule has 200 valence electrons. The predicted molar refractivity (Wildman–Crippen MR) is 155 cm³/mol. The Morgan fingerprint density at radius 3 is 2.37 bits per heavy atom. The number of nitrogens with zero attached hydrogens (tertiary/aromatic N) is 3. The Bertz CT molecular complexity index is 1310. The molecule has 2 aliphatic heterocycles. The van der Waals surface area contributed by atoms with Gasteiger partial charge in [-0.2, -0.15) is 0 Å². The lowest BCUT2D eigenvalue weighted by atomic mass is 9.86. The van der Waals surface area contributed by atoms with Crippen LogP contribution in [0, 0.1) is 6.92 Å². The van der Waals surface area contributed by atoms with Crippen LogP contribution in [0.3, 0.4) is 0 Å². The molecule has 2 aromatic carbocycles. The number of aryl methyl sites for hydroxylation is 1. The summed E-state index contributed by atoms with van der Waals surface area (Å²) in [6, 6.07) is 18.8. The fourth-order valence-electron chi connectivity index (χ4n) is 5.83. The fourth-order valence-corrected chi connectivity index (χ4v) is 6.74. The number of fused-ring (bicyclic) bond motifs is 1. The molecule has 0 radical (unpaired) electrons. The maximum Gasteiger partial charge on any atom is 0.254 e. The average Bonchev–Trinajstić information content (AvgIpc) is 3.37. The zero-order valence-corrected chi connectivity index (χ0v) is 24.1. The Kier molecular flexibility index (Phi) is 7.47. The lowest BCUT2D eigenvalue weighted by Gasteiger charge is -2.42. The van der Waals surface area contributed by atoms with Gasteiger partial charge in [-0.3, -0.25) is 14.5 Å². The second kappa shape index (κ2) is 10.7. The number of piperazine rings is 1. The summed E-state index contributed by atoms with van der Waals surface area (Å²) in [5, 5.41) is 2.18. The molecule has 0 spiro atoms. The second-order valence-corrected chi connectivity index (χ2v) is 12.8. The highest BCUT2D eigenvalue weighted by atomic mass is 32.1. The van der Waals surface area contributed by atoms with Gasteiger partial charge in [-0.1, -0.05) is 57.2 Å². The first kappa shape index (κ1) is 26.6. The monoisotopic (exact) mass is 529 g/mol. The van der Waals surface area contributed by atoms with Gasteiger partial charge in [0.05, 0.1) is 12.6 Å². The molecule has 0 N–H and O–H groups in total. The van der Waals surface area contributed by atoms with E-state index in [-0.39, 0.29) is 29.3 Å². The third-order valence-electron chi connectivity index (χ3n) is 8.13. The van der Waals surface area contributed by atoms with Crippen molar-refractivity contribution >= 4 is 23.2 Å². The molecular formula is C32H39N3O2S. The maximum absolute atomic E-state index is 13.6. The smallest absolute Gasteiger partial charge is 0.254 e. The maximum atomic E-state index is 13.6. The van der Waals surface area contributed by atoms with Crippen molar-refractivity contribution < 1.29 is 9.59 Å². The minimum atomic E-state index is -0.0283. The molecule has 1 saturated heterocycles. The molecule has 3 heterocycles. The van der Waals surface area contributed by atoms with E-state index >= 15 is 0 Å². The van der Waals surface area contributed by atoms with E-state index < -0.39 is 0 Å². The highest BCUT2D eigenvalue weighted by molar-refractivity contribution is 7.10. The molecule has 38 heavy (non-hydrogen) atoms. The SMILES string of the molecule is Cc1ccccc1[C@H]1c2ccsc2CCN1CC(=O)N1CCN(C(=O)c2ccc(C(C)(C)C)cc2)[C@H](C)C1. The van der Waals surface area contributed by atoms with E-state index in [1.165, 1.54) is 27.1 Å².